The number of allylic oxidation sites excluding steroid dienone is 1. The van der Waals surface area contributed by atoms with Gasteiger partial charge in [0.05, 0.1) is 9.80 Å². The summed E-state index contributed by atoms with van der Waals surface area (Å²) in [5, 5.41) is 0. The van der Waals surface area contributed by atoms with Crippen LogP contribution in [0.3, 0.4) is 0 Å². The highest BCUT2D eigenvalue weighted by Gasteiger charge is 2.25. The van der Waals surface area contributed by atoms with Crippen LogP contribution < -0.4 is 15.2 Å². The van der Waals surface area contributed by atoms with E-state index in [9.17, 15) is 13.2 Å². The monoisotopic (exact) mass is 351 g/mol. The van der Waals surface area contributed by atoms with Gasteiger partial charge in [-0.15, -0.1) is 5.47 Å². The Bertz CT molecular complexity index is 797. The van der Waals surface area contributed by atoms with Crippen LogP contribution in [-0.4, -0.2) is 35.4 Å². The highest BCUT2D eigenvalue weighted by molar-refractivity contribution is 8.21. The molecule has 1 aliphatic rings. The van der Waals surface area contributed by atoms with Crippen molar-refractivity contribution >= 4 is 35.4 Å². The van der Waals surface area contributed by atoms with Gasteiger partial charge in [0, 0.05) is 6.07 Å². The summed E-state index contributed by atoms with van der Waals surface area (Å²) in [6.45, 7) is 5.73. The number of nitrogens with two attached hydrogens (primary N) is 1. The van der Waals surface area contributed by atoms with Crippen molar-refractivity contribution in [3.63, 3.8) is 0 Å². The van der Waals surface area contributed by atoms with Crippen molar-refractivity contribution in [3.8, 4) is 11.5 Å². The largest absolute Gasteiger partial charge is 0.486 e. The van der Waals surface area contributed by atoms with Crippen LogP contribution in [0, 0.1) is 0 Å². The van der Waals surface area contributed by atoms with Gasteiger partial charge in [-0.1, -0.05) is 25.3 Å². The zero-order valence-electron chi connectivity index (χ0n) is 12.4. The fourth-order valence-electron chi connectivity index (χ4n) is 1.82. The summed E-state index contributed by atoms with van der Waals surface area (Å²) in [5.41, 5.74) is 5.31. The molecule has 1 aliphatic heterocycles. The second-order valence-electron chi connectivity index (χ2n) is 4.66. The number of primary amides is 1. The minimum absolute atomic E-state index is 0.0160. The van der Waals surface area contributed by atoms with Gasteiger partial charge in [0.2, 0.25) is 9.84 Å². The van der Waals surface area contributed by atoms with E-state index in [1.807, 2.05) is 0 Å². The van der Waals surface area contributed by atoms with E-state index in [-0.39, 0.29) is 19.5 Å². The minimum atomic E-state index is -3.90. The first-order valence-electron chi connectivity index (χ1n) is 6.51. The first-order chi connectivity index (χ1) is 10.7. The van der Waals surface area contributed by atoms with Crippen LogP contribution in [0.15, 0.2) is 44.3 Å². The minimum Gasteiger partial charge on any atom is -0.486 e. The van der Waals surface area contributed by atoms with E-state index in [0.29, 0.717) is 36.5 Å². The number of amides is 1. The Morgan fingerprint density at radius 1 is 1.30 bits per heavy atom. The number of thioether (sulfide) groups is 1. The average Bonchev–Trinajstić information content (AvgIpc) is 2.51. The van der Waals surface area contributed by atoms with Crippen molar-refractivity contribution in [2.45, 2.75) is 11.8 Å². The molecular weight excluding hydrogens is 337 g/mol. The van der Waals surface area contributed by atoms with Gasteiger partial charge in [-0.2, -0.15) is 0 Å². The Labute approximate surface area is 140 Å². The maximum atomic E-state index is 12.6. The van der Waals surface area contributed by atoms with Crippen LogP contribution in [0.2, 0.25) is 0 Å². The summed E-state index contributed by atoms with van der Waals surface area (Å²) in [7, 11) is 1.65. The zero-order chi connectivity index (χ0) is 17.2. The number of carbonyl (C=O) groups is 1. The quantitative estimate of drug-likeness (QED) is 0.635. The molecule has 0 unspecified atom stereocenters. The lowest BCUT2D eigenvalue weighted by molar-refractivity contribution is -0.113. The molecule has 0 aliphatic carbocycles. The third kappa shape index (κ3) is 3.73. The number of rotatable bonds is 5. The predicted molar refractivity (Wildman–Crippen MR) is 89.0 cm³/mol. The molecule has 1 aromatic rings. The van der Waals surface area contributed by atoms with Crippen LogP contribution in [-0.2, 0) is 14.6 Å². The predicted octanol–water partition coefficient (Wildman–Crippen LogP) is 1.32. The van der Waals surface area contributed by atoms with Crippen molar-refractivity contribution in [3.05, 3.63) is 39.4 Å². The van der Waals surface area contributed by atoms with E-state index in [2.05, 4.69) is 6.58 Å². The number of sulfone groups is 1. The second kappa shape index (κ2) is 6.71. The molecule has 0 aromatic heterocycles. The molecule has 0 atom stereocenters. The van der Waals surface area contributed by atoms with Gasteiger partial charge >= 0.3 is 0 Å². The molecule has 0 bridgehead atoms. The van der Waals surface area contributed by atoms with Crippen LogP contribution >= 0.6 is 11.8 Å². The van der Waals surface area contributed by atoms with E-state index in [1.165, 1.54) is 25.1 Å². The molecule has 6 nitrogen and oxygen atoms in total. The van der Waals surface area contributed by atoms with Crippen LogP contribution in [0.5, 0.6) is 11.5 Å². The summed E-state index contributed by atoms with van der Waals surface area (Å²) in [4.78, 5) is 11.2. The van der Waals surface area contributed by atoms with Crippen LogP contribution in [0.4, 0.5) is 0 Å². The molecule has 2 N–H and O–H groups in total. The lowest BCUT2D eigenvalue weighted by Gasteiger charge is -2.19. The first-order valence-corrected chi connectivity index (χ1v) is 8.81. The van der Waals surface area contributed by atoms with Gasteiger partial charge in [-0.05, 0) is 12.1 Å². The Balaban J connectivity index is 2.33. The number of hydrogen-bond donors (Lipinski definition) is 1. The summed E-state index contributed by atoms with van der Waals surface area (Å²) in [6.07, 6.45) is 0. The van der Waals surface area contributed by atoms with E-state index in [1.54, 1.807) is 0 Å². The number of fused-ring (bicyclic) bond motifs is 1. The van der Waals surface area contributed by atoms with E-state index < -0.39 is 15.7 Å². The highest BCUT2D eigenvalue weighted by atomic mass is 32.3. The molecule has 1 heterocycles. The van der Waals surface area contributed by atoms with E-state index in [4.69, 9.17) is 23.1 Å². The molecule has 0 saturated carbocycles. The number of hydrogen-bond acceptors (Lipinski definition) is 6. The summed E-state index contributed by atoms with van der Waals surface area (Å²) in [6, 6.07) is 4.26. The molecule has 0 spiro atoms. The van der Waals surface area contributed by atoms with Gasteiger partial charge in [0.25, 0.3) is 5.91 Å². The van der Waals surface area contributed by atoms with Crippen molar-refractivity contribution < 1.29 is 22.7 Å². The zero-order valence-corrected chi connectivity index (χ0v) is 14.0. The van der Waals surface area contributed by atoms with E-state index in [0.717, 1.165) is 0 Å². The second-order valence-corrected chi connectivity index (χ2v) is 7.99. The fraction of sp³-hybridized carbons (Fsp3) is 0.214. The van der Waals surface area contributed by atoms with Gasteiger partial charge in [-0.25, -0.2) is 8.42 Å². The molecule has 0 saturated heterocycles. The lowest BCUT2D eigenvalue weighted by Crippen LogP contribution is -2.16. The third-order valence-corrected chi connectivity index (χ3v) is 6.26. The van der Waals surface area contributed by atoms with Crippen LogP contribution in [0.1, 0.15) is 6.92 Å². The van der Waals surface area contributed by atoms with E-state index >= 15 is 0 Å². The Morgan fingerprint density at radius 2 is 1.91 bits per heavy atom. The molecule has 2 rings (SSSR count). The highest BCUT2D eigenvalue weighted by Crippen LogP contribution is 2.37. The molecule has 0 fully saturated rings. The summed E-state index contributed by atoms with van der Waals surface area (Å²) in [5.74, 6) is 0.00769. The average molecular weight is 351 g/mol. The maximum absolute atomic E-state index is 12.6. The normalized spacial score (nSPS) is 14.8. The Morgan fingerprint density at radius 3 is 2.48 bits per heavy atom. The summed E-state index contributed by atoms with van der Waals surface area (Å²) >= 11 is 0.626. The molecular formula is C14H14BNO5S2. The molecule has 1 amide bonds. The van der Waals surface area contributed by atoms with Gasteiger partial charge in [-0.3, -0.25) is 4.79 Å². The lowest BCUT2D eigenvalue weighted by atomic mass is 9.97. The topological polar surface area (TPSA) is 95.7 Å². The number of carbonyl (C=O) groups excluding carboxylic acids is 1. The fourth-order valence-corrected chi connectivity index (χ4v) is 4.06. The third-order valence-electron chi connectivity index (χ3n) is 2.92. The SMILES string of the molecule is [B]/C(C)=C(/SC(=C)S(=O)(=O)c1ccc2c(c1)OCCO2)C(N)=O. The molecule has 120 valence electrons. The standard InChI is InChI=1S/C14H14BNO5S2/c1-8(15)13(14(16)17)22-9(2)23(18,19)10-3-4-11-12(7-10)21-6-5-20-11/h3-4,7H,2,5-6H2,1H3,(H2,16,17)/b13-8+. The molecule has 23 heavy (non-hydrogen) atoms. The van der Waals surface area contributed by atoms with Gasteiger partial charge in [0.15, 0.2) is 11.5 Å². The molecule has 1 aromatic carbocycles. The Hall–Kier alpha value is -1.87. The van der Waals surface area contributed by atoms with Crippen molar-refractivity contribution in [1.29, 1.82) is 0 Å². The maximum Gasteiger partial charge on any atom is 0.254 e. The van der Waals surface area contributed by atoms with Gasteiger partial charge in [0.1, 0.15) is 25.3 Å². The van der Waals surface area contributed by atoms with Crippen molar-refractivity contribution in [2.24, 2.45) is 5.73 Å². The number of benzene rings is 1. The molecule has 2 radical (unpaired) electrons. The van der Waals surface area contributed by atoms with Crippen molar-refractivity contribution in [2.75, 3.05) is 13.2 Å². The molecule has 9 heteroatoms. The van der Waals surface area contributed by atoms with Gasteiger partial charge < -0.3 is 15.2 Å². The van der Waals surface area contributed by atoms with Crippen molar-refractivity contribution in [1.82, 2.24) is 0 Å². The Kier molecular flexibility index (Phi) is 5.11. The first kappa shape index (κ1) is 17.5. The summed E-state index contributed by atoms with van der Waals surface area (Å²) < 4.78 is 35.6. The smallest absolute Gasteiger partial charge is 0.254 e. The number of ether oxygens (including phenoxy) is 2. The van der Waals surface area contributed by atoms with Crippen LogP contribution in [0.25, 0.3) is 0 Å².